The highest BCUT2D eigenvalue weighted by molar-refractivity contribution is 7.92. The Hall–Kier alpha value is -2.55. The summed E-state index contributed by atoms with van der Waals surface area (Å²) in [4.78, 5) is 17.6. The molecule has 0 radical (unpaired) electrons. The number of sulfonamides is 1. The number of non-ortho nitro benzene ring substituents is 1. The molecular weight excluding hydrogens is 284 g/mol. The van der Waals surface area contributed by atoms with Crippen molar-refractivity contribution >= 4 is 21.5 Å². The number of hydrogen-bond donors (Lipinski definition) is 0. The fourth-order valence-corrected chi connectivity index (χ4v) is 2.61. The fourth-order valence-electron chi connectivity index (χ4n) is 1.47. The lowest BCUT2D eigenvalue weighted by molar-refractivity contribution is -0.384. The van der Waals surface area contributed by atoms with Crippen molar-refractivity contribution in [2.75, 3.05) is 11.4 Å². The van der Waals surface area contributed by atoms with E-state index in [1.807, 2.05) is 0 Å². The molecule has 9 heteroatoms. The predicted molar refractivity (Wildman–Crippen MR) is 70.7 cm³/mol. The molecule has 0 fully saturated rings. The lowest BCUT2D eigenvalue weighted by atomic mass is 10.3. The molecule has 1 aromatic heterocycles. The summed E-state index contributed by atoms with van der Waals surface area (Å²) in [5, 5.41) is 10.5. The van der Waals surface area contributed by atoms with E-state index in [0.717, 1.165) is 16.4 Å². The first-order chi connectivity index (χ1) is 9.43. The highest BCUT2D eigenvalue weighted by Gasteiger charge is 2.23. The third-order valence-corrected chi connectivity index (χ3v) is 4.35. The van der Waals surface area contributed by atoms with Crippen molar-refractivity contribution in [2.45, 2.75) is 4.90 Å². The van der Waals surface area contributed by atoms with Crippen LogP contribution in [-0.4, -0.2) is 30.4 Å². The van der Waals surface area contributed by atoms with Crippen LogP contribution in [0.4, 0.5) is 11.5 Å². The number of rotatable bonds is 4. The molecule has 8 nitrogen and oxygen atoms in total. The number of nitro groups is 1. The minimum Gasteiger partial charge on any atom is -0.259 e. The maximum atomic E-state index is 12.3. The molecule has 1 aromatic carbocycles. The Balaban J connectivity index is 2.37. The highest BCUT2D eigenvalue weighted by atomic mass is 32.2. The Labute approximate surface area is 114 Å². The van der Waals surface area contributed by atoms with Crippen molar-refractivity contribution in [3.63, 3.8) is 0 Å². The van der Waals surface area contributed by atoms with E-state index in [0.29, 0.717) is 0 Å². The van der Waals surface area contributed by atoms with Gasteiger partial charge in [0, 0.05) is 31.6 Å². The topological polar surface area (TPSA) is 106 Å². The minimum atomic E-state index is -3.83. The van der Waals surface area contributed by atoms with Gasteiger partial charge < -0.3 is 0 Å². The van der Waals surface area contributed by atoms with Gasteiger partial charge in [0.1, 0.15) is 0 Å². The van der Waals surface area contributed by atoms with Crippen LogP contribution in [0.1, 0.15) is 0 Å². The molecule has 0 aliphatic heterocycles. The van der Waals surface area contributed by atoms with Crippen molar-refractivity contribution in [2.24, 2.45) is 0 Å². The lowest BCUT2D eigenvalue weighted by Gasteiger charge is -2.17. The average molecular weight is 294 g/mol. The number of nitro benzene ring substituents is 1. The van der Waals surface area contributed by atoms with Gasteiger partial charge in [-0.25, -0.2) is 13.4 Å². The smallest absolute Gasteiger partial charge is 0.259 e. The first kappa shape index (κ1) is 13.9. The molecule has 2 aromatic rings. The van der Waals surface area contributed by atoms with Crippen molar-refractivity contribution in [1.82, 2.24) is 9.97 Å². The third kappa shape index (κ3) is 2.57. The quantitative estimate of drug-likeness (QED) is 0.619. The summed E-state index contributed by atoms with van der Waals surface area (Å²) >= 11 is 0. The Kier molecular flexibility index (Phi) is 3.61. The van der Waals surface area contributed by atoms with Crippen molar-refractivity contribution in [3.8, 4) is 0 Å². The second-order valence-electron chi connectivity index (χ2n) is 3.79. The number of hydrogen-bond acceptors (Lipinski definition) is 6. The van der Waals surface area contributed by atoms with Gasteiger partial charge in [0.05, 0.1) is 16.0 Å². The van der Waals surface area contributed by atoms with Gasteiger partial charge >= 0.3 is 0 Å². The van der Waals surface area contributed by atoms with Crippen molar-refractivity contribution < 1.29 is 13.3 Å². The molecule has 0 unspecified atom stereocenters. The van der Waals surface area contributed by atoms with E-state index in [1.54, 1.807) is 0 Å². The van der Waals surface area contributed by atoms with Gasteiger partial charge in [-0.15, -0.1) is 0 Å². The number of benzene rings is 1. The van der Waals surface area contributed by atoms with Crippen molar-refractivity contribution in [3.05, 3.63) is 53.0 Å². The van der Waals surface area contributed by atoms with Crippen LogP contribution in [0.3, 0.4) is 0 Å². The molecule has 0 N–H and O–H groups in total. The average Bonchev–Trinajstić information content (AvgIpc) is 2.47. The zero-order chi connectivity index (χ0) is 14.8. The van der Waals surface area contributed by atoms with E-state index >= 15 is 0 Å². The van der Waals surface area contributed by atoms with Crippen LogP contribution in [0.2, 0.25) is 0 Å². The second kappa shape index (κ2) is 5.21. The summed E-state index contributed by atoms with van der Waals surface area (Å²) < 4.78 is 25.6. The van der Waals surface area contributed by atoms with Crippen LogP contribution < -0.4 is 4.31 Å². The fraction of sp³-hybridized carbons (Fsp3) is 0.0909. The van der Waals surface area contributed by atoms with Gasteiger partial charge in [-0.05, 0) is 12.1 Å². The van der Waals surface area contributed by atoms with Gasteiger partial charge in [0.15, 0.2) is 5.82 Å². The number of nitrogens with zero attached hydrogens (tertiary/aromatic N) is 4. The molecule has 0 spiro atoms. The minimum absolute atomic E-state index is 0.0590. The maximum absolute atomic E-state index is 12.3. The largest absolute Gasteiger partial charge is 0.269 e. The summed E-state index contributed by atoms with van der Waals surface area (Å²) in [5.74, 6) is 0.158. The summed E-state index contributed by atoms with van der Waals surface area (Å²) in [7, 11) is -2.49. The first-order valence-corrected chi connectivity index (χ1v) is 6.86. The zero-order valence-corrected chi connectivity index (χ0v) is 11.2. The molecular formula is C11H10N4O4S. The van der Waals surface area contributed by atoms with E-state index < -0.39 is 14.9 Å². The van der Waals surface area contributed by atoms with E-state index in [4.69, 9.17) is 0 Å². The predicted octanol–water partition coefficient (Wildman–Crippen LogP) is 1.21. The first-order valence-electron chi connectivity index (χ1n) is 5.42. The standard InChI is InChI=1S/C11H10N4O4S/c1-14(11-8-12-6-7-13-11)20(18,19)10-4-2-9(3-5-10)15(16)17/h2-8H,1H3. The molecule has 0 aliphatic rings. The molecule has 0 bridgehead atoms. The third-order valence-electron chi connectivity index (χ3n) is 2.58. The monoisotopic (exact) mass is 294 g/mol. The molecule has 20 heavy (non-hydrogen) atoms. The van der Waals surface area contributed by atoms with Gasteiger partial charge in [0.2, 0.25) is 0 Å². The maximum Gasteiger partial charge on any atom is 0.269 e. The number of aromatic nitrogens is 2. The van der Waals surface area contributed by atoms with Crippen LogP contribution in [-0.2, 0) is 10.0 Å². The van der Waals surface area contributed by atoms with Gasteiger partial charge in [-0.1, -0.05) is 0 Å². The van der Waals surface area contributed by atoms with Crippen LogP contribution in [0.5, 0.6) is 0 Å². The van der Waals surface area contributed by atoms with Gasteiger partial charge in [0.25, 0.3) is 15.7 Å². The number of anilines is 1. The molecule has 0 amide bonds. The highest BCUT2D eigenvalue weighted by Crippen LogP contribution is 2.21. The van der Waals surface area contributed by atoms with Crippen LogP contribution >= 0.6 is 0 Å². The Morgan fingerprint density at radius 1 is 1.20 bits per heavy atom. The van der Waals surface area contributed by atoms with E-state index in [2.05, 4.69) is 9.97 Å². The Morgan fingerprint density at radius 2 is 1.85 bits per heavy atom. The molecule has 0 saturated carbocycles. The normalized spacial score (nSPS) is 11.1. The Bertz CT molecular complexity index is 716. The molecule has 2 rings (SSSR count). The Morgan fingerprint density at radius 3 is 2.35 bits per heavy atom. The summed E-state index contributed by atoms with van der Waals surface area (Å²) in [6, 6.07) is 4.63. The second-order valence-corrected chi connectivity index (χ2v) is 5.76. The van der Waals surface area contributed by atoms with E-state index in [9.17, 15) is 18.5 Å². The van der Waals surface area contributed by atoms with E-state index in [-0.39, 0.29) is 16.4 Å². The SMILES string of the molecule is CN(c1cnccn1)S(=O)(=O)c1ccc([N+](=O)[O-])cc1. The lowest BCUT2D eigenvalue weighted by Crippen LogP contribution is -2.27. The van der Waals surface area contributed by atoms with Crippen LogP contribution in [0.25, 0.3) is 0 Å². The van der Waals surface area contributed by atoms with Crippen LogP contribution in [0, 0.1) is 10.1 Å². The van der Waals surface area contributed by atoms with Gasteiger partial charge in [-0.2, -0.15) is 0 Å². The van der Waals surface area contributed by atoms with Gasteiger partial charge in [-0.3, -0.25) is 19.4 Å². The zero-order valence-electron chi connectivity index (χ0n) is 10.4. The molecule has 0 saturated heterocycles. The molecule has 1 heterocycles. The van der Waals surface area contributed by atoms with Crippen LogP contribution in [0.15, 0.2) is 47.8 Å². The molecule has 0 aliphatic carbocycles. The van der Waals surface area contributed by atoms with E-state index in [1.165, 1.54) is 37.8 Å². The molecule has 104 valence electrons. The summed E-state index contributed by atoms with van der Waals surface area (Å²) in [6.07, 6.45) is 4.11. The summed E-state index contributed by atoms with van der Waals surface area (Å²) in [5.41, 5.74) is -0.175. The van der Waals surface area contributed by atoms with Crippen molar-refractivity contribution in [1.29, 1.82) is 0 Å². The summed E-state index contributed by atoms with van der Waals surface area (Å²) in [6.45, 7) is 0. The molecule has 0 atom stereocenters.